The Morgan fingerprint density at radius 3 is 2.37 bits per heavy atom. The van der Waals surface area contributed by atoms with Crippen LogP contribution in [0, 0.1) is 0 Å². The highest BCUT2D eigenvalue weighted by molar-refractivity contribution is 7.92. The van der Waals surface area contributed by atoms with Crippen LogP contribution in [0.5, 0.6) is 5.75 Å². The molecule has 0 aliphatic heterocycles. The van der Waals surface area contributed by atoms with Crippen LogP contribution in [0.15, 0.2) is 72.8 Å². The van der Waals surface area contributed by atoms with Gasteiger partial charge in [-0.05, 0) is 30.0 Å². The number of nitrogens with one attached hydrogen (secondary N) is 1. The summed E-state index contributed by atoms with van der Waals surface area (Å²) in [5.74, 6) is 0.393. The van der Waals surface area contributed by atoms with Crippen LogP contribution < -0.4 is 14.4 Å². The van der Waals surface area contributed by atoms with Gasteiger partial charge >= 0.3 is 0 Å². The molecular formula is C23H26N2O4S. The Kier molecular flexibility index (Phi) is 6.95. The Hall–Kier alpha value is -3.06. The number of anilines is 1. The largest absolute Gasteiger partial charge is 0.491 e. The van der Waals surface area contributed by atoms with E-state index in [1.54, 1.807) is 37.3 Å². The van der Waals surface area contributed by atoms with Gasteiger partial charge < -0.3 is 10.1 Å². The highest BCUT2D eigenvalue weighted by Gasteiger charge is 2.31. The second kappa shape index (κ2) is 9.63. The van der Waals surface area contributed by atoms with Gasteiger partial charge in [-0.15, -0.1) is 0 Å². The second-order valence-corrected chi connectivity index (χ2v) is 8.79. The number of ether oxygens (including phenoxy) is 1. The zero-order valence-electron chi connectivity index (χ0n) is 17.1. The van der Waals surface area contributed by atoms with Crippen molar-refractivity contribution in [2.45, 2.75) is 19.4 Å². The van der Waals surface area contributed by atoms with E-state index in [0.717, 1.165) is 22.8 Å². The third-order valence-electron chi connectivity index (χ3n) is 4.75. The molecule has 30 heavy (non-hydrogen) atoms. The van der Waals surface area contributed by atoms with Gasteiger partial charge in [-0.2, -0.15) is 0 Å². The SMILES string of the molecule is CC[C@H](C(=O)NCCOc1cccc2ccccc12)N(c1ccccc1)S(C)(=O)=O. The van der Waals surface area contributed by atoms with Crippen molar-refractivity contribution in [3.63, 3.8) is 0 Å². The number of carbonyl (C=O) groups is 1. The van der Waals surface area contributed by atoms with E-state index in [9.17, 15) is 13.2 Å². The fourth-order valence-electron chi connectivity index (χ4n) is 3.41. The predicted molar refractivity (Wildman–Crippen MR) is 120 cm³/mol. The molecule has 0 aliphatic carbocycles. The fourth-order valence-corrected chi connectivity index (χ4v) is 4.62. The minimum atomic E-state index is -3.63. The zero-order chi connectivity index (χ0) is 21.6. The molecule has 7 heteroatoms. The van der Waals surface area contributed by atoms with Crippen molar-refractivity contribution in [3.8, 4) is 5.75 Å². The van der Waals surface area contributed by atoms with Crippen LogP contribution in [-0.4, -0.2) is 39.8 Å². The first-order valence-electron chi connectivity index (χ1n) is 9.84. The van der Waals surface area contributed by atoms with Gasteiger partial charge in [-0.25, -0.2) is 8.42 Å². The molecule has 158 valence electrons. The van der Waals surface area contributed by atoms with Gasteiger partial charge in [0.2, 0.25) is 15.9 Å². The minimum Gasteiger partial charge on any atom is -0.491 e. The molecule has 0 aliphatic rings. The lowest BCUT2D eigenvalue weighted by Gasteiger charge is -2.30. The Morgan fingerprint density at radius 2 is 1.67 bits per heavy atom. The van der Waals surface area contributed by atoms with Crippen LogP contribution >= 0.6 is 0 Å². The highest BCUT2D eigenvalue weighted by atomic mass is 32.2. The summed E-state index contributed by atoms with van der Waals surface area (Å²) >= 11 is 0. The lowest BCUT2D eigenvalue weighted by Crippen LogP contribution is -2.49. The van der Waals surface area contributed by atoms with Crippen LogP contribution in [0.2, 0.25) is 0 Å². The summed E-state index contributed by atoms with van der Waals surface area (Å²) in [5, 5.41) is 4.89. The van der Waals surface area contributed by atoms with E-state index in [1.165, 1.54) is 4.31 Å². The lowest BCUT2D eigenvalue weighted by molar-refractivity contribution is -0.122. The molecule has 0 heterocycles. The third-order valence-corrected chi connectivity index (χ3v) is 5.93. The molecule has 0 saturated heterocycles. The number of fused-ring (bicyclic) bond motifs is 1. The van der Waals surface area contributed by atoms with Gasteiger partial charge in [-0.1, -0.05) is 61.5 Å². The van der Waals surface area contributed by atoms with Gasteiger partial charge in [-0.3, -0.25) is 9.10 Å². The molecule has 3 aromatic carbocycles. The molecule has 1 amide bonds. The van der Waals surface area contributed by atoms with Crippen LogP contribution in [0.3, 0.4) is 0 Å². The number of carbonyl (C=O) groups excluding carboxylic acids is 1. The molecule has 1 atom stereocenters. The van der Waals surface area contributed by atoms with Crippen LogP contribution in [0.4, 0.5) is 5.69 Å². The molecule has 3 rings (SSSR count). The summed E-state index contributed by atoms with van der Waals surface area (Å²) in [6, 6.07) is 21.6. The topological polar surface area (TPSA) is 75.7 Å². The molecule has 1 N–H and O–H groups in total. The van der Waals surface area contributed by atoms with Gasteiger partial charge in [0.25, 0.3) is 0 Å². The molecule has 0 saturated carbocycles. The Morgan fingerprint density at radius 1 is 1.00 bits per heavy atom. The molecular weight excluding hydrogens is 400 g/mol. The average molecular weight is 427 g/mol. The number of hydrogen-bond acceptors (Lipinski definition) is 4. The van der Waals surface area contributed by atoms with Crippen molar-refractivity contribution >= 4 is 32.4 Å². The van der Waals surface area contributed by atoms with E-state index < -0.39 is 16.1 Å². The molecule has 0 aromatic heterocycles. The number of hydrogen-bond donors (Lipinski definition) is 1. The quantitative estimate of drug-likeness (QED) is 0.531. The lowest BCUT2D eigenvalue weighted by atomic mass is 10.1. The number of sulfonamides is 1. The molecule has 0 unspecified atom stereocenters. The molecule has 0 radical (unpaired) electrons. The monoisotopic (exact) mass is 426 g/mol. The smallest absolute Gasteiger partial charge is 0.244 e. The maximum absolute atomic E-state index is 12.8. The Balaban J connectivity index is 1.65. The van der Waals surface area contributed by atoms with Gasteiger partial charge in [0.05, 0.1) is 18.5 Å². The maximum atomic E-state index is 12.8. The number of amides is 1. The van der Waals surface area contributed by atoms with E-state index in [0.29, 0.717) is 12.1 Å². The first-order chi connectivity index (χ1) is 14.4. The zero-order valence-corrected chi connectivity index (χ0v) is 17.9. The molecule has 6 nitrogen and oxygen atoms in total. The van der Waals surface area contributed by atoms with E-state index in [-0.39, 0.29) is 19.1 Å². The second-order valence-electron chi connectivity index (χ2n) is 6.94. The number of para-hydroxylation sites is 1. The molecule has 0 spiro atoms. The third kappa shape index (κ3) is 5.10. The predicted octanol–water partition coefficient (Wildman–Crippen LogP) is 3.58. The number of rotatable bonds is 9. The fraction of sp³-hybridized carbons (Fsp3) is 0.261. The summed E-state index contributed by atoms with van der Waals surface area (Å²) in [5.41, 5.74) is 0.467. The molecule has 0 fully saturated rings. The van der Waals surface area contributed by atoms with Crippen molar-refractivity contribution in [3.05, 3.63) is 72.8 Å². The van der Waals surface area contributed by atoms with Crippen molar-refractivity contribution in [2.24, 2.45) is 0 Å². The van der Waals surface area contributed by atoms with Crippen molar-refractivity contribution < 1.29 is 17.9 Å². The molecule has 3 aromatic rings. The van der Waals surface area contributed by atoms with Crippen molar-refractivity contribution in [1.29, 1.82) is 0 Å². The van der Waals surface area contributed by atoms with E-state index >= 15 is 0 Å². The highest BCUT2D eigenvalue weighted by Crippen LogP contribution is 2.25. The summed E-state index contributed by atoms with van der Waals surface area (Å²) < 4.78 is 31.8. The summed E-state index contributed by atoms with van der Waals surface area (Å²) in [7, 11) is -3.63. The Labute approximate surface area is 177 Å². The number of benzene rings is 3. The van der Waals surface area contributed by atoms with Crippen molar-refractivity contribution in [2.75, 3.05) is 23.7 Å². The molecule has 0 bridgehead atoms. The first-order valence-corrected chi connectivity index (χ1v) is 11.7. The Bertz CT molecular complexity index is 1100. The van der Waals surface area contributed by atoms with E-state index in [1.807, 2.05) is 42.5 Å². The normalized spacial score (nSPS) is 12.3. The van der Waals surface area contributed by atoms with Crippen molar-refractivity contribution in [1.82, 2.24) is 5.32 Å². The minimum absolute atomic E-state index is 0.269. The average Bonchev–Trinajstić information content (AvgIpc) is 2.74. The van der Waals surface area contributed by atoms with Crippen LogP contribution in [0.1, 0.15) is 13.3 Å². The van der Waals surface area contributed by atoms with Gasteiger partial charge in [0, 0.05) is 5.39 Å². The summed E-state index contributed by atoms with van der Waals surface area (Å²) in [6.45, 7) is 2.34. The number of nitrogens with zero attached hydrogens (tertiary/aromatic N) is 1. The van der Waals surface area contributed by atoms with Crippen LogP contribution in [0.25, 0.3) is 10.8 Å². The maximum Gasteiger partial charge on any atom is 0.244 e. The van der Waals surface area contributed by atoms with E-state index in [4.69, 9.17) is 4.74 Å². The van der Waals surface area contributed by atoms with E-state index in [2.05, 4.69) is 5.32 Å². The van der Waals surface area contributed by atoms with Crippen LogP contribution in [-0.2, 0) is 14.8 Å². The van der Waals surface area contributed by atoms with Gasteiger partial charge in [0.1, 0.15) is 18.4 Å². The standard InChI is InChI=1S/C23H26N2O4S/c1-3-21(25(30(2,27)28)19-12-5-4-6-13-19)23(26)24-16-17-29-22-15-9-11-18-10-7-8-14-20(18)22/h4-15,21H,3,16-17H2,1-2H3,(H,24,26)/t21-/m1/s1. The summed E-state index contributed by atoms with van der Waals surface area (Å²) in [4.78, 5) is 12.8. The first kappa shape index (κ1) is 21.6. The summed E-state index contributed by atoms with van der Waals surface area (Å²) in [6.07, 6.45) is 1.46. The van der Waals surface area contributed by atoms with Gasteiger partial charge in [0.15, 0.2) is 0 Å².